The molecule has 0 saturated heterocycles. The fourth-order valence-electron chi connectivity index (χ4n) is 7.26. The topological polar surface area (TPSA) is 63.6 Å². The van der Waals surface area contributed by atoms with E-state index in [0.717, 1.165) is 43.3 Å². The Morgan fingerprint density at radius 3 is 2.62 bits per heavy atom. The number of carbonyl (C=O) groups excluding carboxylic acids is 1. The molecule has 3 aliphatic carbocycles. The molecule has 1 aliphatic heterocycles. The van der Waals surface area contributed by atoms with Gasteiger partial charge in [0.05, 0.1) is 0 Å². The molecular formula is C30H40O4. The fourth-order valence-corrected chi connectivity index (χ4v) is 7.26. The minimum absolute atomic E-state index is 0.0415. The second-order valence-corrected chi connectivity index (χ2v) is 11.6. The second-order valence-electron chi connectivity index (χ2n) is 11.6. The molecule has 4 aliphatic rings. The van der Waals surface area contributed by atoms with Gasteiger partial charge in [-0.15, -0.1) is 0 Å². The highest BCUT2D eigenvalue weighted by molar-refractivity contribution is 5.88. The summed E-state index contributed by atoms with van der Waals surface area (Å²) in [5.74, 6) is -0.110. The van der Waals surface area contributed by atoms with E-state index in [-0.39, 0.29) is 29.3 Å². The van der Waals surface area contributed by atoms with Crippen LogP contribution in [-0.2, 0) is 14.3 Å². The van der Waals surface area contributed by atoms with Crippen molar-refractivity contribution in [1.29, 1.82) is 0 Å². The van der Waals surface area contributed by atoms with Crippen LogP contribution >= 0.6 is 0 Å². The maximum atomic E-state index is 12.2. The van der Waals surface area contributed by atoms with E-state index in [1.54, 1.807) is 0 Å². The summed E-state index contributed by atoms with van der Waals surface area (Å²) in [6.07, 6.45) is 14.8. The van der Waals surface area contributed by atoms with Gasteiger partial charge in [0.15, 0.2) is 0 Å². The molecular weight excluding hydrogens is 424 g/mol. The first-order valence-corrected chi connectivity index (χ1v) is 12.9. The Morgan fingerprint density at radius 2 is 1.97 bits per heavy atom. The Kier molecular flexibility index (Phi) is 6.56. The van der Waals surface area contributed by atoms with E-state index in [2.05, 4.69) is 52.8 Å². The molecule has 0 unspecified atom stereocenters. The van der Waals surface area contributed by atoms with Gasteiger partial charge in [0.25, 0.3) is 0 Å². The van der Waals surface area contributed by atoms with Gasteiger partial charge in [-0.1, -0.05) is 50.6 Å². The lowest BCUT2D eigenvalue weighted by Gasteiger charge is -2.51. The number of carboxylic acids is 1. The number of cyclic esters (lactones) is 1. The van der Waals surface area contributed by atoms with Crippen LogP contribution < -0.4 is 0 Å². The highest BCUT2D eigenvalue weighted by atomic mass is 16.5. The number of allylic oxidation sites excluding steroid dienone is 8. The summed E-state index contributed by atoms with van der Waals surface area (Å²) in [7, 11) is 0. The van der Waals surface area contributed by atoms with Crippen LogP contribution in [0.5, 0.6) is 0 Å². The quantitative estimate of drug-likeness (QED) is 0.441. The number of esters is 1. The van der Waals surface area contributed by atoms with E-state index in [0.29, 0.717) is 18.3 Å². The van der Waals surface area contributed by atoms with E-state index in [1.165, 1.54) is 22.3 Å². The van der Waals surface area contributed by atoms with E-state index < -0.39 is 5.97 Å². The smallest absolute Gasteiger partial charge is 0.333 e. The number of carboxylic acid groups (broad SMARTS) is 1. The zero-order valence-corrected chi connectivity index (χ0v) is 21.7. The largest absolute Gasteiger partial charge is 0.481 e. The molecule has 34 heavy (non-hydrogen) atoms. The predicted molar refractivity (Wildman–Crippen MR) is 135 cm³/mol. The zero-order chi connectivity index (χ0) is 24.8. The molecule has 4 rings (SSSR count). The Labute approximate surface area is 204 Å². The van der Waals surface area contributed by atoms with Crippen molar-refractivity contribution in [3.8, 4) is 0 Å². The van der Waals surface area contributed by atoms with Crippen molar-refractivity contribution >= 4 is 11.9 Å². The summed E-state index contributed by atoms with van der Waals surface area (Å²) < 4.78 is 5.86. The Balaban J connectivity index is 1.68. The first-order valence-electron chi connectivity index (χ1n) is 12.9. The van der Waals surface area contributed by atoms with E-state index >= 15 is 0 Å². The summed E-state index contributed by atoms with van der Waals surface area (Å²) in [5, 5.41) is 9.28. The number of ether oxygens (including phenoxy) is 1. The molecule has 184 valence electrons. The molecule has 0 aromatic heterocycles. The summed E-state index contributed by atoms with van der Waals surface area (Å²) in [5.41, 5.74) is 7.26. The van der Waals surface area contributed by atoms with E-state index in [4.69, 9.17) is 4.74 Å². The molecule has 0 bridgehead atoms. The van der Waals surface area contributed by atoms with Gasteiger partial charge in [-0.3, -0.25) is 4.79 Å². The van der Waals surface area contributed by atoms with Crippen molar-refractivity contribution in [3.63, 3.8) is 0 Å². The van der Waals surface area contributed by atoms with Crippen molar-refractivity contribution < 1.29 is 19.4 Å². The maximum absolute atomic E-state index is 12.2. The van der Waals surface area contributed by atoms with Crippen molar-refractivity contribution in [2.24, 2.45) is 22.7 Å². The lowest BCUT2D eigenvalue weighted by Crippen LogP contribution is -2.45. The number of fused-ring (bicyclic) bond motifs is 2. The molecule has 5 atom stereocenters. The average Bonchev–Trinajstić information content (AvgIpc) is 2.93. The first kappa shape index (κ1) is 24.8. The van der Waals surface area contributed by atoms with Crippen LogP contribution in [0.1, 0.15) is 86.5 Å². The van der Waals surface area contributed by atoms with Crippen LogP contribution in [0.25, 0.3) is 0 Å². The van der Waals surface area contributed by atoms with E-state index in [1.807, 2.05) is 13.0 Å². The van der Waals surface area contributed by atoms with Gasteiger partial charge in [-0.05, 0) is 97.8 Å². The molecule has 4 nitrogen and oxygen atoms in total. The third-order valence-electron chi connectivity index (χ3n) is 9.60. The van der Waals surface area contributed by atoms with Gasteiger partial charge in [0, 0.05) is 18.4 Å². The minimum Gasteiger partial charge on any atom is -0.481 e. The SMILES string of the molecule is CC1=CC[C@@H]([C@@H](C)[C@H]2CC[C@@]3(C)C4=C(C=C(CCC(=O)O)C(=C(C)C)C=C4)CC[C@]23C)OC1=O. The highest BCUT2D eigenvalue weighted by Gasteiger charge is 2.59. The Morgan fingerprint density at radius 1 is 1.24 bits per heavy atom. The molecule has 1 N–H and O–H groups in total. The van der Waals surface area contributed by atoms with Gasteiger partial charge in [0.1, 0.15) is 6.10 Å². The van der Waals surface area contributed by atoms with Gasteiger partial charge in [0.2, 0.25) is 0 Å². The van der Waals surface area contributed by atoms with Crippen LogP contribution in [0, 0.1) is 22.7 Å². The molecule has 0 aromatic carbocycles. The Bertz CT molecular complexity index is 1050. The van der Waals surface area contributed by atoms with Crippen molar-refractivity contribution in [2.75, 3.05) is 0 Å². The maximum Gasteiger partial charge on any atom is 0.333 e. The minimum atomic E-state index is -0.749. The normalized spacial score (nSPS) is 33.9. The molecule has 1 heterocycles. The number of carbonyl (C=O) groups is 2. The number of rotatable bonds is 5. The zero-order valence-electron chi connectivity index (χ0n) is 21.7. The lowest BCUT2D eigenvalue weighted by atomic mass is 9.53. The van der Waals surface area contributed by atoms with Crippen molar-refractivity contribution in [1.82, 2.24) is 0 Å². The van der Waals surface area contributed by atoms with E-state index in [9.17, 15) is 14.7 Å². The molecule has 1 fully saturated rings. The molecule has 0 aromatic rings. The van der Waals surface area contributed by atoms with Gasteiger partial charge < -0.3 is 9.84 Å². The lowest BCUT2D eigenvalue weighted by molar-refractivity contribution is -0.150. The van der Waals surface area contributed by atoms with Gasteiger partial charge in [-0.2, -0.15) is 0 Å². The second kappa shape index (κ2) is 9.02. The predicted octanol–water partition coefficient (Wildman–Crippen LogP) is 7.09. The summed E-state index contributed by atoms with van der Waals surface area (Å²) in [6.45, 7) is 13.2. The summed E-state index contributed by atoms with van der Waals surface area (Å²) >= 11 is 0. The average molecular weight is 465 g/mol. The molecule has 0 amide bonds. The Hall–Kier alpha value is -2.36. The van der Waals surface area contributed by atoms with Crippen LogP contribution in [-0.4, -0.2) is 23.1 Å². The van der Waals surface area contributed by atoms with Crippen LogP contribution in [0.3, 0.4) is 0 Å². The molecule has 0 spiro atoms. The van der Waals surface area contributed by atoms with Crippen molar-refractivity contribution in [3.05, 3.63) is 57.7 Å². The first-order chi connectivity index (χ1) is 16.0. The number of hydrogen-bond acceptors (Lipinski definition) is 3. The standard InChI is InChI=1S/C30H40O4/c1-18(2)23-9-10-25-22(17-21(23)8-12-27(31)32)13-15-29(5)24(14-16-30(25,29)6)20(4)26-11-7-19(3)28(33)34-26/h7,9-10,17,20,24,26H,8,11-16H2,1-6H3,(H,31,32)/t20-,24+,26-,29+,30-/m0/s1. The molecule has 0 radical (unpaired) electrons. The fraction of sp³-hybridized carbons (Fsp3) is 0.600. The third kappa shape index (κ3) is 4.03. The third-order valence-corrected chi connectivity index (χ3v) is 9.60. The summed E-state index contributed by atoms with van der Waals surface area (Å²) in [4.78, 5) is 23.5. The summed E-state index contributed by atoms with van der Waals surface area (Å²) in [6, 6.07) is 0. The van der Waals surface area contributed by atoms with Crippen LogP contribution in [0.4, 0.5) is 0 Å². The van der Waals surface area contributed by atoms with Gasteiger partial charge >= 0.3 is 11.9 Å². The highest BCUT2D eigenvalue weighted by Crippen LogP contribution is 2.67. The van der Waals surface area contributed by atoms with Gasteiger partial charge in [-0.25, -0.2) is 4.79 Å². The number of hydrogen-bond donors (Lipinski definition) is 1. The molecule has 4 heteroatoms. The molecule has 1 saturated carbocycles. The monoisotopic (exact) mass is 464 g/mol. The van der Waals surface area contributed by atoms with Crippen LogP contribution in [0.2, 0.25) is 0 Å². The van der Waals surface area contributed by atoms with Crippen molar-refractivity contribution in [2.45, 2.75) is 92.6 Å². The van der Waals surface area contributed by atoms with Crippen LogP contribution in [0.15, 0.2) is 57.7 Å². The number of aliphatic carboxylic acids is 1.